The molecule has 1 amide bonds. The summed E-state index contributed by atoms with van der Waals surface area (Å²) in [4.78, 5) is 11.6. The van der Waals surface area contributed by atoms with Crippen molar-refractivity contribution in [2.24, 2.45) is 0 Å². The first-order valence-corrected chi connectivity index (χ1v) is 5.51. The zero-order valence-electron chi connectivity index (χ0n) is 9.96. The third-order valence-electron chi connectivity index (χ3n) is 2.16. The number of hydrogen-bond donors (Lipinski definition) is 3. The number of halogens is 1. The maximum atomic E-state index is 13.3. The molecule has 0 spiro atoms. The molecule has 0 saturated carbocycles. The fraction of sp³-hybridized carbons (Fsp3) is 0.417. The molecule has 0 radical (unpaired) electrons. The topological polar surface area (TPSA) is 61.4 Å². The first-order chi connectivity index (χ1) is 8.00. The third kappa shape index (κ3) is 4.40. The molecule has 0 fully saturated rings. The van der Waals surface area contributed by atoms with Gasteiger partial charge in [0.25, 0.3) is 5.91 Å². The summed E-state index contributed by atoms with van der Waals surface area (Å²) in [5.74, 6) is -1.40. The van der Waals surface area contributed by atoms with Crippen LogP contribution in [0.25, 0.3) is 0 Å². The van der Waals surface area contributed by atoms with Crippen LogP contribution in [-0.4, -0.2) is 30.1 Å². The van der Waals surface area contributed by atoms with Crippen molar-refractivity contribution in [3.8, 4) is 5.75 Å². The molecule has 0 unspecified atom stereocenters. The molecule has 0 aliphatic heterocycles. The van der Waals surface area contributed by atoms with Gasteiger partial charge in [-0.25, -0.2) is 4.39 Å². The number of carbonyl (C=O) groups is 1. The van der Waals surface area contributed by atoms with Crippen molar-refractivity contribution >= 4 is 5.91 Å². The van der Waals surface area contributed by atoms with Gasteiger partial charge in [0.2, 0.25) is 0 Å². The Morgan fingerprint density at radius 3 is 2.71 bits per heavy atom. The van der Waals surface area contributed by atoms with Gasteiger partial charge in [-0.3, -0.25) is 4.79 Å². The monoisotopic (exact) mass is 240 g/mol. The molecule has 5 heteroatoms. The predicted molar refractivity (Wildman–Crippen MR) is 63.5 cm³/mol. The van der Waals surface area contributed by atoms with Gasteiger partial charge in [-0.15, -0.1) is 0 Å². The summed E-state index contributed by atoms with van der Waals surface area (Å²) in [6, 6.07) is 3.80. The van der Waals surface area contributed by atoms with Crippen LogP contribution < -0.4 is 10.6 Å². The normalized spacial score (nSPS) is 10.6. The van der Waals surface area contributed by atoms with Crippen molar-refractivity contribution in [1.82, 2.24) is 10.6 Å². The Balaban J connectivity index is 2.47. The van der Waals surface area contributed by atoms with Crippen molar-refractivity contribution in [2.75, 3.05) is 13.1 Å². The molecule has 0 saturated heterocycles. The zero-order chi connectivity index (χ0) is 12.8. The smallest absolute Gasteiger partial charge is 0.254 e. The SMILES string of the molecule is CC(C)NCCNC(=O)c1ccc(O)cc1F. The zero-order valence-corrected chi connectivity index (χ0v) is 9.96. The fourth-order valence-electron chi connectivity index (χ4n) is 1.32. The lowest BCUT2D eigenvalue weighted by molar-refractivity contribution is 0.0949. The number of benzene rings is 1. The van der Waals surface area contributed by atoms with Crippen LogP contribution >= 0.6 is 0 Å². The van der Waals surface area contributed by atoms with E-state index >= 15 is 0 Å². The number of phenolic OH excluding ortho intramolecular Hbond substituents is 1. The number of nitrogens with one attached hydrogen (secondary N) is 2. The molecule has 0 atom stereocenters. The van der Waals surface area contributed by atoms with Gasteiger partial charge in [-0.05, 0) is 12.1 Å². The van der Waals surface area contributed by atoms with Crippen LogP contribution in [0, 0.1) is 5.82 Å². The van der Waals surface area contributed by atoms with Gasteiger partial charge in [-0.1, -0.05) is 13.8 Å². The second-order valence-corrected chi connectivity index (χ2v) is 4.03. The minimum absolute atomic E-state index is 0.0626. The Hall–Kier alpha value is -1.62. The molecule has 0 aliphatic carbocycles. The maximum absolute atomic E-state index is 13.3. The van der Waals surface area contributed by atoms with Gasteiger partial charge in [0.1, 0.15) is 11.6 Å². The Morgan fingerprint density at radius 1 is 1.41 bits per heavy atom. The molecule has 1 aromatic rings. The van der Waals surface area contributed by atoms with Crippen LogP contribution in [-0.2, 0) is 0 Å². The first-order valence-electron chi connectivity index (χ1n) is 5.51. The minimum atomic E-state index is -0.723. The highest BCUT2D eigenvalue weighted by molar-refractivity contribution is 5.94. The summed E-state index contributed by atoms with van der Waals surface area (Å²) in [6.45, 7) is 5.06. The van der Waals surface area contributed by atoms with Gasteiger partial charge in [0.05, 0.1) is 5.56 Å². The van der Waals surface area contributed by atoms with Gasteiger partial charge in [0, 0.05) is 25.2 Å². The van der Waals surface area contributed by atoms with E-state index in [-0.39, 0.29) is 11.3 Å². The van der Waals surface area contributed by atoms with Crippen molar-refractivity contribution in [3.63, 3.8) is 0 Å². The second-order valence-electron chi connectivity index (χ2n) is 4.03. The fourth-order valence-corrected chi connectivity index (χ4v) is 1.32. The number of rotatable bonds is 5. The van der Waals surface area contributed by atoms with E-state index in [0.29, 0.717) is 19.1 Å². The molecular formula is C12H17FN2O2. The summed E-state index contributed by atoms with van der Waals surface area (Å²) < 4.78 is 13.3. The molecule has 0 aromatic heterocycles. The molecule has 0 aliphatic rings. The summed E-state index contributed by atoms with van der Waals surface area (Å²) in [5.41, 5.74) is -0.0626. The van der Waals surface area contributed by atoms with E-state index in [2.05, 4.69) is 10.6 Å². The van der Waals surface area contributed by atoms with E-state index in [1.165, 1.54) is 12.1 Å². The first kappa shape index (κ1) is 13.4. The summed E-state index contributed by atoms with van der Waals surface area (Å²) in [5, 5.41) is 14.7. The summed E-state index contributed by atoms with van der Waals surface area (Å²) >= 11 is 0. The standard InChI is InChI=1S/C12H17FN2O2/c1-8(2)14-5-6-15-12(17)10-4-3-9(16)7-11(10)13/h3-4,7-8,14,16H,5-6H2,1-2H3,(H,15,17). The summed E-state index contributed by atoms with van der Waals surface area (Å²) in [6.07, 6.45) is 0. The maximum Gasteiger partial charge on any atom is 0.254 e. The van der Waals surface area contributed by atoms with Crippen molar-refractivity contribution in [1.29, 1.82) is 0 Å². The van der Waals surface area contributed by atoms with E-state index in [1.807, 2.05) is 13.8 Å². The van der Waals surface area contributed by atoms with Crippen molar-refractivity contribution in [2.45, 2.75) is 19.9 Å². The molecule has 1 aromatic carbocycles. The van der Waals surface area contributed by atoms with E-state index < -0.39 is 11.7 Å². The average Bonchev–Trinajstić information content (AvgIpc) is 2.23. The Bertz CT molecular complexity index is 394. The van der Waals surface area contributed by atoms with Crippen molar-refractivity contribution in [3.05, 3.63) is 29.6 Å². The van der Waals surface area contributed by atoms with Crippen LogP contribution in [0.1, 0.15) is 24.2 Å². The molecule has 0 heterocycles. The molecule has 0 bridgehead atoms. The number of phenols is 1. The molecule has 17 heavy (non-hydrogen) atoms. The number of carbonyl (C=O) groups excluding carboxylic acids is 1. The Kier molecular flexibility index (Phi) is 4.90. The Labute approximate surface area is 99.8 Å². The van der Waals surface area contributed by atoms with E-state index in [1.54, 1.807) is 0 Å². The van der Waals surface area contributed by atoms with Gasteiger partial charge < -0.3 is 15.7 Å². The average molecular weight is 240 g/mol. The molecule has 4 nitrogen and oxygen atoms in total. The predicted octanol–water partition coefficient (Wildman–Crippen LogP) is 1.26. The molecule has 1 rings (SSSR count). The van der Waals surface area contributed by atoms with E-state index in [0.717, 1.165) is 6.07 Å². The number of aromatic hydroxyl groups is 1. The lowest BCUT2D eigenvalue weighted by Gasteiger charge is -2.09. The second kappa shape index (κ2) is 6.20. The van der Waals surface area contributed by atoms with Gasteiger partial charge in [0.15, 0.2) is 0 Å². The van der Waals surface area contributed by atoms with Crippen molar-refractivity contribution < 1.29 is 14.3 Å². The van der Waals surface area contributed by atoms with Crippen LogP contribution in [0.5, 0.6) is 5.75 Å². The van der Waals surface area contributed by atoms with Gasteiger partial charge >= 0.3 is 0 Å². The number of amides is 1. The highest BCUT2D eigenvalue weighted by Gasteiger charge is 2.11. The van der Waals surface area contributed by atoms with Crippen LogP contribution in [0.3, 0.4) is 0 Å². The molecule has 3 N–H and O–H groups in total. The van der Waals surface area contributed by atoms with E-state index in [9.17, 15) is 9.18 Å². The van der Waals surface area contributed by atoms with Gasteiger partial charge in [-0.2, -0.15) is 0 Å². The lowest BCUT2D eigenvalue weighted by atomic mass is 10.2. The third-order valence-corrected chi connectivity index (χ3v) is 2.16. The highest BCUT2D eigenvalue weighted by Crippen LogP contribution is 2.14. The largest absolute Gasteiger partial charge is 0.508 e. The van der Waals surface area contributed by atoms with Crippen LogP contribution in [0.2, 0.25) is 0 Å². The van der Waals surface area contributed by atoms with E-state index in [4.69, 9.17) is 5.11 Å². The lowest BCUT2D eigenvalue weighted by Crippen LogP contribution is -2.34. The minimum Gasteiger partial charge on any atom is -0.508 e. The van der Waals surface area contributed by atoms with Crippen LogP contribution in [0.4, 0.5) is 4.39 Å². The molecular weight excluding hydrogens is 223 g/mol. The highest BCUT2D eigenvalue weighted by atomic mass is 19.1. The quantitative estimate of drug-likeness (QED) is 0.679. The Morgan fingerprint density at radius 2 is 2.12 bits per heavy atom. The van der Waals surface area contributed by atoms with Crippen LogP contribution in [0.15, 0.2) is 18.2 Å². The summed E-state index contributed by atoms with van der Waals surface area (Å²) in [7, 11) is 0. The number of hydrogen-bond acceptors (Lipinski definition) is 3. The molecule has 94 valence electrons.